The van der Waals surface area contributed by atoms with Crippen LogP contribution in [0.4, 0.5) is 0 Å². The van der Waals surface area contributed by atoms with Crippen LogP contribution in [0, 0.1) is 0 Å². The summed E-state index contributed by atoms with van der Waals surface area (Å²) in [4.78, 5) is 10.7. The first-order chi connectivity index (χ1) is 29.2. The summed E-state index contributed by atoms with van der Waals surface area (Å²) >= 11 is 0. The second-order valence-electron chi connectivity index (χ2n) is 15.0. The van der Waals surface area contributed by atoms with Crippen LogP contribution in [0.3, 0.4) is 0 Å². The number of hydrogen-bond donors (Lipinski definition) is 1. The van der Waals surface area contributed by atoms with E-state index in [1.165, 1.54) is 21.5 Å². The van der Waals surface area contributed by atoms with Crippen molar-refractivity contribution in [1.29, 1.82) is 0 Å². The van der Waals surface area contributed by atoms with E-state index in [0.29, 0.717) is 11.7 Å². The molecule has 0 aliphatic carbocycles. The van der Waals surface area contributed by atoms with Crippen molar-refractivity contribution >= 4 is 98.9 Å². The lowest BCUT2D eigenvalue weighted by Gasteiger charge is -2.18. The molecule has 0 saturated heterocycles. The first kappa shape index (κ1) is 33.2. The van der Waals surface area contributed by atoms with Gasteiger partial charge in [0.2, 0.25) is 0 Å². The van der Waals surface area contributed by atoms with Crippen LogP contribution in [-0.4, -0.2) is 16.2 Å². The lowest BCUT2D eigenvalue weighted by atomic mass is 9.97. The molecular formula is C53H34N4O2. The summed E-state index contributed by atoms with van der Waals surface area (Å²) < 4.78 is 15.6. The van der Waals surface area contributed by atoms with Gasteiger partial charge in [-0.25, -0.2) is 4.99 Å². The third-order valence-corrected chi connectivity index (χ3v) is 11.7. The van der Waals surface area contributed by atoms with E-state index in [9.17, 15) is 0 Å². The van der Waals surface area contributed by atoms with Gasteiger partial charge in [-0.2, -0.15) is 0 Å². The number of nitrogens with two attached hydrogens (primary N) is 1. The summed E-state index contributed by atoms with van der Waals surface area (Å²) in [5, 5.41) is 10.8. The smallest absolute Gasteiger partial charge is 0.158 e. The number of fused-ring (bicyclic) bond motifs is 12. The number of rotatable bonds is 5. The van der Waals surface area contributed by atoms with Crippen LogP contribution in [0.2, 0.25) is 0 Å². The van der Waals surface area contributed by atoms with E-state index in [4.69, 9.17) is 24.6 Å². The maximum atomic E-state index is 6.86. The highest BCUT2D eigenvalue weighted by atomic mass is 16.3. The topological polar surface area (TPSA) is 82.0 Å². The van der Waals surface area contributed by atoms with Gasteiger partial charge in [0, 0.05) is 59.8 Å². The van der Waals surface area contributed by atoms with Crippen molar-refractivity contribution in [2.24, 2.45) is 15.7 Å². The monoisotopic (exact) mass is 758 g/mol. The number of aliphatic imine (C=N–C) groups is 2. The summed E-state index contributed by atoms with van der Waals surface area (Å²) in [5.41, 5.74) is 16.0. The van der Waals surface area contributed by atoms with Crippen LogP contribution in [-0.2, 0) is 6.54 Å². The van der Waals surface area contributed by atoms with E-state index in [0.717, 1.165) is 88.1 Å². The number of nitrogens with zero attached hydrogens (tertiary/aromatic N) is 3. The van der Waals surface area contributed by atoms with Gasteiger partial charge in [-0.1, -0.05) is 146 Å². The highest BCUT2D eigenvalue weighted by molar-refractivity contribution is 6.23. The van der Waals surface area contributed by atoms with E-state index >= 15 is 0 Å². The molecule has 59 heavy (non-hydrogen) atoms. The normalized spacial score (nSPS) is 12.7. The predicted molar refractivity (Wildman–Crippen MR) is 244 cm³/mol. The number of hydrogen-bond acceptors (Lipinski definition) is 3. The van der Waals surface area contributed by atoms with Crippen molar-refractivity contribution in [3.63, 3.8) is 0 Å². The molecule has 12 aromatic rings. The van der Waals surface area contributed by atoms with Crippen molar-refractivity contribution in [3.8, 4) is 5.69 Å². The maximum Gasteiger partial charge on any atom is 0.158 e. The van der Waals surface area contributed by atoms with Crippen molar-refractivity contribution < 1.29 is 8.83 Å². The highest BCUT2D eigenvalue weighted by Gasteiger charge is 2.25. The van der Waals surface area contributed by atoms with Gasteiger partial charge in [0.25, 0.3) is 0 Å². The lowest BCUT2D eigenvalue weighted by Crippen LogP contribution is -2.16. The van der Waals surface area contributed by atoms with Gasteiger partial charge in [0.1, 0.15) is 28.2 Å². The number of benzene rings is 9. The number of amidine groups is 2. The van der Waals surface area contributed by atoms with Crippen LogP contribution in [0.25, 0.3) is 92.9 Å². The average Bonchev–Trinajstić information content (AvgIpc) is 3.97. The van der Waals surface area contributed by atoms with Gasteiger partial charge in [0.15, 0.2) is 5.84 Å². The standard InChI is InChI=1S/C53H34N4O2/c54-52(32-15-2-1-3-16-32)56-53(40-24-14-28-47-48(40)38-22-9-12-26-45(38)58-47)55-31-42-49-39-23-10-13-27-46(39)59-51(49)37-21-7-6-20-36(37)50(42)57-43-25-11-8-19-35(43)41-29-33-17-4-5-18-34(33)30-44(41)57/h1-30H,31H2,(H2,54,55,56). The zero-order valence-corrected chi connectivity index (χ0v) is 31.8. The summed E-state index contributed by atoms with van der Waals surface area (Å²) in [7, 11) is 0. The highest BCUT2D eigenvalue weighted by Crippen LogP contribution is 2.45. The third kappa shape index (κ3) is 5.13. The fourth-order valence-electron chi connectivity index (χ4n) is 9.09. The Balaban J connectivity index is 1.21. The Morgan fingerprint density at radius 3 is 1.90 bits per heavy atom. The molecule has 0 spiro atoms. The Kier molecular flexibility index (Phi) is 7.34. The van der Waals surface area contributed by atoms with Crippen molar-refractivity contribution in [1.82, 2.24) is 4.57 Å². The van der Waals surface area contributed by atoms with Gasteiger partial charge >= 0.3 is 0 Å². The fourth-order valence-corrected chi connectivity index (χ4v) is 9.09. The van der Waals surface area contributed by atoms with E-state index in [2.05, 4.69) is 114 Å². The molecule has 0 fully saturated rings. The minimum absolute atomic E-state index is 0.273. The van der Waals surface area contributed by atoms with E-state index in [1.54, 1.807) is 0 Å². The molecular weight excluding hydrogens is 725 g/mol. The Morgan fingerprint density at radius 1 is 0.492 bits per heavy atom. The molecule has 12 rings (SSSR count). The van der Waals surface area contributed by atoms with Crippen LogP contribution in [0.1, 0.15) is 16.7 Å². The molecule has 9 aromatic carbocycles. The minimum Gasteiger partial charge on any atom is -0.456 e. The van der Waals surface area contributed by atoms with E-state index < -0.39 is 0 Å². The molecule has 0 atom stereocenters. The first-order valence-electron chi connectivity index (χ1n) is 19.8. The second-order valence-corrected chi connectivity index (χ2v) is 15.0. The Morgan fingerprint density at radius 2 is 1.10 bits per heavy atom. The summed E-state index contributed by atoms with van der Waals surface area (Å²) in [6, 6.07) is 62.8. The van der Waals surface area contributed by atoms with Gasteiger partial charge in [-0.15, -0.1) is 0 Å². The molecule has 0 unspecified atom stereocenters. The molecule has 6 heteroatoms. The minimum atomic E-state index is 0.273. The predicted octanol–water partition coefficient (Wildman–Crippen LogP) is 13.2. The quantitative estimate of drug-likeness (QED) is 0.140. The van der Waals surface area contributed by atoms with Crippen molar-refractivity contribution in [2.75, 3.05) is 0 Å². The van der Waals surface area contributed by atoms with Crippen LogP contribution < -0.4 is 5.73 Å². The Labute approximate surface area is 337 Å². The van der Waals surface area contributed by atoms with Crippen LogP contribution >= 0.6 is 0 Å². The molecule has 0 aliphatic rings. The van der Waals surface area contributed by atoms with Gasteiger partial charge in [-0.05, 0) is 47.2 Å². The number of furan rings is 2. The zero-order valence-electron chi connectivity index (χ0n) is 31.8. The molecule has 0 aliphatic heterocycles. The first-order valence-corrected chi connectivity index (χ1v) is 19.8. The molecule has 0 bridgehead atoms. The van der Waals surface area contributed by atoms with Gasteiger partial charge < -0.3 is 19.1 Å². The molecule has 0 saturated carbocycles. The van der Waals surface area contributed by atoms with Crippen LogP contribution in [0.15, 0.2) is 201 Å². The Hall–Kier alpha value is -7.96. The summed E-state index contributed by atoms with van der Waals surface area (Å²) in [6.45, 7) is 0.273. The molecule has 3 heterocycles. The van der Waals surface area contributed by atoms with E-state index in [1.807, 2.05) is 72.8 Å². The lowest BCUT2D eigenvalue weighted by molar-refractivity contribution is 0.669. The molecule has 3 aromatic heterocycles. The molecule has 0 radical (unpaired) electrons. The fraction of sp³-hybridized carbons (Fsp3) is 0.0189. The summed E-state index contributed by atoms with van der Waals surface area (Å²) in [5.74, 6) is 0.887. The van der Waals surface area contributed by atoms with Crippen molar-refractivity contribution in [3.05, 3.63) is 199 Å². The van der Waals surface area contributed by atoms with Gasteiger partial charge in [-0.3, -0.25) is 4.99 Å². The zero-order chi connectivity index (χ0) is 39.0. The largest absolute Gasteiger partial charge is 0.456 e. The SMILES string of the molecule is NC(=NC(=NCc1c(-n2c3ccccc3c3cc4ccccc4cc32)c2ccccc2c2oc3ccccc3c12)c1cccc2oc3ccccc3c12)c1ccccc1. The molecule has 2 N–H and O–H groups in total. The van der Waals surface area contributed by atoms with Gasteiger partial charge in [0.05, 0.1) is 23.3 Å². The molecule has 0 amide bonds. The van der Waals surface area contributed by atoms with Crippen LogP contribution in [0.5, 0.6) is 0 Å². The molecule has 278 valence electrons. The number of aromatic nitrogens is 1. The average molecular weight is 759 g/mol. The third-order valence-electron chi connectivity index (χ3n) is 11.7. The Bertz CT molecular complexity index is 3720. The second kappa shape index (κ2) is 13.0. The maximum absolute atomic E-state index is 6.86. The summed E-state index contributed by atoms with van der Waals surface area (Å²) in [6.07, 6.45) is 0. The van der Waals surface area contributed by atoms with E-state index in [-0.39, 0.29) is 6.54 Å². The number of para-hydroxylation sites is 3. The molecule has 6 nitrogen and oxygen atoms in total. The van der Waals surface area contributed by atoms with Crippen molar-refractivity contribution in [2.45, 2.75) is 6.54 Å².